The Balaban J connectivity index is 1.57. The topological polar surface area (TPSA) is 66.5 Å². The van der Waals surface area contributed by atoms with Gasteiger partial charge in [0.2, 0.25) is 15.9 Å². The highest BCUT2D eigenvalue weighted by Gasteiger charge is 2.32. The number of hydrogen-bond donors (Lipinski definition) is 1. The third-order valence-corrected chi connectivity index (χ3v) is 7.10. The summed E-state index contributed by atoms with van der Waals surface area (Å²) in [5, 5.41) is 3.68. The number of benzene rings is 2. The Morgan fingerprint density at radius 1 is 1.07 bits per heavy atom. The van der Waals surface area contributed by atoms with Crippen molar-refractivity contribution in [2.24, 2.45) is 5.92 Å². The van der Waals surface area contributed by atoms with E-state index in [9.17, 15) is 13.2 Å². The lowest BCUT2D eigenvalue weighted by atomic mass is 9.96. The molecule has 0 aromatic heterocycles. The van der Waals surface area contributed by atoms with E-state index >= 15 is 0 Å². The summed E-state index contributed by atoms with van der Waals surface area (Å²) >= 11 is 5.90. The monoisotopic (exact) mass is 406 g/mol. The maximum Gasteiger partial charge on any atom is 0.243 e. The van der Waals surface area contributed by atoms with E-state index in [1.54, 1.807) is 42.5 Å². The molecule has 1 fully saturated rings. The fourth-order valence-corrected chi connectivity index (χ4v) is 4.88. The molecule has 3 rings (SSSR count). The Kier molecular flexibility index (Phi) is 6.19. The van der Waals surface area contributed by atoms with Crippen molar-refractivity contribution in [1.82, 2.24) is 9.62 Å². The summed E-state index contributed by atoms with van der Waals surface area (Å²) in [6.45, 7) is 2.63. The predicted molar refractivity (Wildman–Crippen MR) is 106 cm³/mol. The first-order valence-corrected chi connectivity index (χ1v) is 10.8. The van der Waals surface area contributed by atoms with Gasteiger partial charge in [-0.25, -0.2) is 8.42 Å². The minimum Gasteiger partial charge on any atom is -0.349 e. The summed E-state index contributed by atoms with van der Waals surface area (Å²) < 4.78 is 26.8. The predicted octanol–water partition coefficient (Wildman–Crippen LogP) is 3.62. The number of nitrogens with one attached hydrogen (secondary N) is 1. The molecule has 1 N–H and O–H groups in total. The average Bonchev–Trinajstić information content (AvgIpc) is 2.69. The van der Waals surface area contributed by atoms with Crippen LogP contribution in [0.4, 0.5) is 0 Å². The van der Waals surface area contributed by atoms with E-state index in [1.807, 2.05) is 19.1 Å². The van der Waals surface area contributed by atoms with Crippen LogP contribution in [0.3, 0.4) is 0 Å². The summed E-state index contributed by atoms with van der Waals surface area (Å²) in [6.07, 6.45) is 1.04. The Labute approximate surface area is 165 Å². The second-order valence-corrected chi connectivity index (χ2v) is 9.15. The molecule has 1 amide bonds. The fourth-order valence-electron chi connectivity index (χ4n) is 3.27. The molecule has 1 saturated heterocycles. The van der Waals surface area contributed by atoms with Crippen molar-refractivity contribution in [2.45, 2.75) is 30.7 Å². The van der Waals surface area contributed by atoms with Gasteiger partial charge in [0.15, 0.2) is 0 Å². The molecule has 1 heterocycles. The Hall–Kier alpha value is -1.89. The summed E-state index contributed by atoms with van der Waals surface area (Å²) in [5.74, 6) is -0.212. The van der Waals surface area contributed by atoms with Crippen LogP contribution in [0.25, 0.3) is 0 Å². The van der Waals surface area contributed by atoms with Gasteiger partial charge in [-0.1, -0.05) is 41.9 Å². The third kappa shape index (κ3) is 4.69. The highest BCUT2D eigenvalue weighted by Crippen LogP contribution is 2.25. The molecule has 7 heteroatoms. The number of sulfonamides is 1. The van der Waals surface area contributed by atoms with Crippen LogP contribution in [-0.2, 0) is 14.8 Å². The van der Waals surface area contributed by atoms with E-state index in [0.717, 1.165) is 5.56 Å². The van der Waals surface area contributed by atoms with Crippen molar-refractivity contribution in [3.63, 3.8) is 0 Å². The van der Waals surface area contributed by atoms with Crippen molar-refractivity contribution >= 4 is 27.5 Å². The molecule has 0 aliphatic carbocycles. The SMILES string of the molecule is C[C@@H](NC(=O)C1CCN(S(=O)(=O)c2ccccc2)CC1)c1ccc(Cl)cc1. The first-order valence-electron chi connectivity index (χ1n) is 8.99. The molecular weight excluding hydrogens is 384 g/mol. The molecule has 0 unspecified atom stereocenters. The Bertz CT molecular complexity index is 877. The summed E-state index contributed by atoms with van der Waals surface area (Å²) in [6, 6.07) is 15.7. The lowest BCUT2D eigenvalue weighted by molar-refractivity contribution is -0.126. The van der Waals surface area contributed by atoms with Gasteiger partial charge in [0.1, 0.15) is 0 Å². The van der Waals surface area contributed by atoms with Gasteiger partial charge in [-0.05, 0) is 49.6 Å². The number of rotatable bonds is 5. The quantitative estimate of drug-likeness (QED) is 0.824. The standard InChI is InChI=1S/C20H23ClN2O3S/c1-15(16-7-9-18(21)10-8-16)22-20(24)17-11-13-23(14-12-17)27(25,26)19-5-3-2-4-6-19/h2-10,15,17H,11-14H2,1H3,(H,22,24)/t15-/m1/s1. The van der Waals surface area contributed by atoms with E-state index in [2.05, 4.69) is 5.32 Å². The van der Waals surface area contributed by atoms with Crippen molar-refractivity contribution in [3.05, 3.63) is 65.2 Å². The number of hydrogen-bond acceptors (Lipinski definition) is 3. The molecule has 2 aromatic carbocycles. The van der Waals surface area contributed by atoms with Crippen LogP contribution in [-0.4, -0.2) is 31.7 Å². The molecule has 5 nitrogen and oxygen atoms in total. The molecule has 0 saturated carbocycles. The lowest BCUT2D eigenvalue weighted by Gasteiger charge is -2.31. The normalized spacial score (nSPS) is 17.4. The Morgan fingerprint density at radius 3 is 2.26 bits per heavy atom. The number of amides is 1. The molecular formula is C20H23ClN2O3S. The largest absolute Gasteiger partial charge is 0.349 e. The first-order chi connectivity index (χ1) is 12.9. The number of carbonyl (C=O) groups is 1. The smallest absolute Gasteiger partial charge is 0.243 e. The molecule has 0 bridgehead atoms. The maximum absolute atomic E-state index is 12.7. The van der Waals surface area contributed by atoms with Crippen LogP contribution in [0.15, 0.2) is 59.5 Å². The fraction of sp³-hybridized carbons (Fsp3) is 0.350. The van der Waals surface area contributed by atoms with Crippen LogP contribution in [0.2, 0.25) is 5.02 Å². The van der Waals surface area contributed by atoms with E-state index in [1.165, 1.54) is 4.31 Å². The van der Waals surface area contributed by atoms with Gasteiger partial charge in [-0.15, -0.1) is 0 Å². The Morgan fingerprint density at radius 2 is 1.67 bits per heavy atom. The van der Waals surface area contributed by atoms with Gasteiger partial charge in [0, 0.05) is 24.0 Å². The van der Waals surface area contributed by atoms with Gasteiger partial charge in [-0.3, -0.25) is 4.79 Å². The van der Waals surface area contributed by atoms with E-state index < -0.39 is 10.0 Å². The highest BCUT2D eigenvalue weighted by molar-refractivity contribution is 7.89. The molecule has 27 heavy (non-hydrogen) atoms. The zero-order valence-corrected chi connectivity index (χ0v) is 16.7. The second-order valence-electron chi connectivity index (χ2n) is 6.77. The summed E-state index contributed by atoms with van der Waals surface area (Å²) in [4.78, 5) is 12.9. The van der Waals surface area contributed by atoms with Gasteiger partial charge in [0.25, 0.3) is 0 Å². The molecule has 0 spiro atoms. The van der Waals surface area contributed by atoms with Gasteiger partial charge in [-0.2, -0.15) is 4.31 Å². The maximum atomic E-state index is 12.7. The van der Waals surface area contributed by atoms with Gasteiger partial charge >= 0.3 is 0 Å². The third-order valence-electron chi connectivity index (χ3n) is 4.93. The van der Waals surface area contributed by atoms with E-state index in [0.29, 0.717) is 35.8 Å². The molecule has 1 atom stereocenters. The van der Waals surface area contributed by atoms with Crippen LogP contribution >= 0.6 is 11.6 Å². The molecule has 1 aliphatic heterocycles. The van der Waals surface area contributed by atoms with E-state index in [-0.39, 0.29) is 17.9 Å². The molecule has 2 aromatic rings. The van der Waals surface area contributed by atoms with Crippen molar-refractivity contribution in [1.29, 1.82) is 0 Å². The number of halogens is 1. The first kappa shape index (κ1) is 19.9. The zero-order chi connectivity index (χ0) is 19.4. The molecule has 144 valence electrons. The minimum absolute atomic E-state index is 0.0331. The highest BCUT2D eigenvalue weighted by atomic mass is 35.5. The molecule has 1 aliphatic rings. The number of nitrogens with zero attached hydrogens (tertiary/aromatic N) is 1. The number of piperidine rings is 1. The summed E-state index contributed by atoms with van der Waals surface area (Å²) in [7, 11) is -3.49. The van der Waals surface area contributed by atoms with Crippen molar-refractivity contribution in [2.75, 3.05) is 13.1 Å². The van der Waals surface area contributed by atoms with Crippen LogP contribution in [0, 0.1) is 5.92 Å². The molecule has 0 radical (unpaired) electrons. The van der Waals surface area contributed by atoms with Crippen LogP contribution in [0.1, 0.15) is 31.4 Å². The van der Waals surface area contributed by atoms with Crippen LogP contribution < -0.4 is 5.32 Å². The average molecular weight is 407 g/mol. The second kappa shape index (κ2) is 8.42. The minimum atomic E-state index is -3.49. The zero-order valence-electron chi connectivity index (χ0n) is 15.1. The van der Waals surface area contributed by atoms with Gasteiger partial charge < -0.3 is 5.32 Å². The van der Waals surface area contributed by atoms with Gasteiger partial charge in [0.05, 0.1) is 10.9 Å². The van der Waals surface area contributed by atoms with Crippen molar-refractivity contribution < 1.29 is 13.2 Å². The van der Waals surface area contributed by atoms with Crippen LogP contribution in [0.5, 0.6) is 0 Å². The van der Waals surface area contributed by atoms with Crippen molar-refractivity contribution in [3.8, 4) is 0 Å². The van der Waals surface area contributed by atoms with E-state index in [4.69, 9.17) is 11.6 Å². The summed E-state index contributed by atoms with van der Waals surface area (Å²) in [5.41, 5.74) is 0.983. The number of carbonyl (C=O) groups excluding carboxylic acids is 1. The lowest BCUT2D eigenvalue weighted by Crippen LogP contribution is -2.43.